The third kappa shape index (κ3) is 1.75. The number of carbonyl (C=O) groups excluding carboxylic acids is 1. The van der Waals surface area contributed by atoms with E-state index in [1.807, 2.05) is 0 Å². The first kappa shape index (κ1) is 6.57. The zero-order chi connectivity index (χ0) is 7.23. The molecule has 52 valence electrons. The van der Waals surface area contributed by atoms with Crippen molar-refractivity contribution in [3.8, 4) is 0 Å². The number of aromatic nitrogens is 4. The van der Waals surface area contributed by atoms with Gasteiger partial charge in [0, 0.05) is 6.42 Å². The molecule has 1 aromatic rings. The maximum absolute atomic E-state index is 9.58. The second kappa shape index (κ2) is 3.47. The summed E-state index contributed by atoms with van der Waals surface area (Å²) in [5, 5.41) is 12.9. The summed E-state index contributed by atoms with van der Waals surface area (Å²) in [5.41, 5.74) is 0. The normalized spacial score (nSPS) is 8.80. The highest BCUT2D eigenvalue weighted by Gasteiger charge is 1.94. The number of hydrogen-bond donors (Lipinski definition) is 1. The van der Waals surface area contributed by atoms with Crippen LogP contribution in [0.25, 0.3) is 0 Å². The standard InChI is InChI=1S/C4H5N5O/c10-3-5-2-1-4-6-8-9-7-4/h1-2H2,(H,6,7,8,9). The Morgan fingerprint density at radius 3 is 3.20 bits per heavy atom. The van der Waals surface area contributed by atoms with Crippen LogP contribution in [-0.4, -0.2) is 33.2 Å². The quantitative estimate of drug-likeness (QED) is 0.433. The van der Waals surface area contributed by atoms with Gasteiger partial charge in [-0.3, -0.25) is 0 Å². The Morgan fingerprint density at radius 1 is 1.70 bits per heavy atom. The number of hydrogen-bond acceptors (Lipinski definition) is 5. The largest absolute Gasteiger partial charge is 0.234 e. The van der Waals surface area contributed by atoms with Crippen LogP contribution in [-0.2, 0) is 11.2 Å². The fourth-order valence-electron chi connectivity index (χ4n) is 0.490. The average Bonchev–Trinajstić information content (AvgIpc) is 2.41. The van der Waals surface area contributed by atoms with Crippen molar-refractivity contribution in [2.75, 3.05) is 6.54 Å². The summed E-state index contributed by atoms with van der Waals surface area (Å²) in [4.78, 5) is 12.9. The van der Waals surface area contributed by atoms with Crippen molar-refractivity contribution in [1.29, 1.82) is 0 Å². The van der Waals surface area contributed by atoms with E-state index in [0.29, 0.717) is 18.8 Å². The zero-order valence-electron chi connectivity index (χ0n) is 5.11. The van der Waals surface area contributed by atoms with Gasteiger partial charge in [-0.05, 0) is 0 Å². The summed E-state index contributed by atoms with van der Waals surface area (Å²) in [5.74, 6) is 0.555. The number of aliphatic imine (C=N–C) groups is 1. The molecule has 10 heavy (non-hydrogen) atoms. The van der Waals surface area contributed by atoms with E-state index in [-0.39, 0.29) is 0 Å². The Balaban J connectivity index is 2.34. The fraction of sp³-hybridized carbons (Fsp3) is 0.500. The van der Waals surface area contributed by atoms with Crippen LogP contribution in [0, 0.1) is 0 Å². The molecule has 0 spiro atoms. The first-order valence-corrected chi connectivity index (χ1v) is 2.69. The molecule has 0 aromatic carbocycles. The molecule has 0 amide bonds. The summed E-state index contributed by atoms with van der Waals surface area (Å²) >= 11 is 0. The molecule has 1 aromatic heterocycles. The maximum Gasteiger partial charge on any atom is 0.234 e. The van der Waals surface area contributed by atoms with Gasteiger partial charge in [-0.25, -0.2) is 9.79 Å². The Kier molecular flexibility index (Phi) is 2.28. The number of rotatable bonds is 3. The molecule has 0 radical (unpaired) electrons. The minimum atomic E-state index is 0.364. The molecule has 0 bridgehead atoms. The summed E-state index contributed by atoms with van der Waals surface area (Å²) < 4.78 is 0. The second-order valence-electron chi connectivity index (χ2n) is 1.55. The molecule has 0 atom stereocenters. The van der Waals surface area contributed by atoms with Gasteiger partial charge in [0.05, 0.1) is 6.54 Å². The number of isocyanates is 1. The van der Waals surface area contributed by atoms with Crippen LogP contribution >= 0.6 is 0 Å². The van der Waals surface area contributed by atoms with Crippen LogP contribution in [0.4, 0.5) is 0 Å². The third-order valence-corrected chi connectivity index (χ3v) is 0.901. The number of nitrogens with zero attached hydrogens (tertiary/aromatic N) is 4. The molecule has 6 heteroatoms. The Hall–Kier alpha value is -1.55. The molecule has 0 saturated carbocycles. The van der Waals surface area contributed by atoms with Gasteiger partial charge < -0.3 is 0 Å². The van der Waals surface area contributed by atoms with Crippen molar-refractivity contribution in [3.63, 3.8) is 0 Å². The van der Waals surface area contributed by atoms with Crippen molar-refractivity contribution >= 4 is 6.08 Å². The predicted molar refractivity (Wildman–Crippen MR) is 30.9 cm³/mol. The van der Waals surface area contributed by atoms with Crippen LogP contribution in [0.3, 0.4) is 0 Å². The highest BCUT2D eigenvalue weighted by molar-refractivity contribution is 5.32. The van der Waals surface area contributed by atoms with Crippen molar-refractivity contribution < 1.29 is 4.79 Å². The lowest BCUT2D eigenvalue weighted by molar-refractivity contribution is 0.562. The van der Waals surface area contributed by atoms with E-state index in [2.05, 4.69) is 25.6 Å². The van der Waals surface area contributed by atoms with E-state index in [1.54, 1.807) is 0 Å². The lowest BCUT2D eigenvalue weighted by Gasteiger charge is -1.81. The fourth-order valence-corrected chi connectivity index (χ4v) is 0.490. The minimum absolute atomic E-state index is 0.364. The zero-order valence-corrected chi connectivity index (χ0v) is 5.11. The van der Waals surface area contributed by atoms with E-state index in [4.69, 9.17) is 0 Å². The first-order valence-electron chi connectivity index (χ1n) is 2.69. The first-order chi connectivity index (χ1) is 4.93. The van der Waals surface area contributed by atoms with Gasteiger partial charge in [0.15, 0.2) is 5.82 Å². The van der Waals surface area contributed by atoms with Gasteiger partial charge in [0.2, 0.25) is 6.08 Å². The van der Waals surface area contributed by atoms with Gasteiger partial charge in [0.1, 0.15) is 0 Å². The Bertz CT molecular complexity index is 224. The molecular formula is C4H5N5O. The van der Waals surface area contributed by atoms with Crippen LogP contribution < -0.4 is 0 Å². The maximum atomic E-state index is 9.58. The molecule has 0 aliphatic carbocycles. The van der Waals surface area contributed by atoms with E-state index in [1.165, 1.54) is 6.08 Å². The highest BCUT2D eigenvalue weighted by atomic mass is 16.1. The average molecular weight is 139 g/mol. The molecule has 0 fully saturated rings. The smallest absolute Gasteiger partial charge is 0.211 e. The van der Waals surface area contributed by atoms with Crippen molar-refractivity contribution in [2.45, 2.75) is 6.42 Å². The molecule has 6 nitrogen and oxygen atoms in total. The lowest BCUT2D eigenvalue weighted by Crippen LogP contribution is -1.91. The van der Waals surface area contributed by atoms with Crippen LogP contribution in [0.2, 0.25) is 0 Å². The summed E-state index contributed by atoms with van der Waals surface area (Å²) in [6, 6.07) is 0. The minimum Gasteiger partial charge on any atom is -0.211 e. The van der Waals surface area contributed by atoms with Gasteiger partial charge in [-0.2, -0.15) is 5.21 Å². The molecule has 1 N–H and O–H groups in total. The van der Waals surface area contributed by atoms with E-state index in [0.717, 1.165) is 0 Å². The van der Waals surface area contributed by atoms with Gasteiger partial charge in [-0.1, -0.05) is 5.21 Å². The topological polar surface area (TPSA) is 83.9 Å². The molecular weight excluding hydrogens is 134 g/mol. The molecule has 0 aliphatic rings. The molecule has 1 rings (SSSR count). The Morgan fingerprint density at radius 2 is 2.60 bits per heavy atom. The molecule has 1 heterocycles. The Labute approximate surface area is 56.4 Å². The SMILES string of the molecule is O=C=NCCc1nn[nH]n1. The molecule has 0 saturated heterocycles. The molecule has 0 unspecified atom stereocenters. The van der Waals surface area contributed by atoms with Crippen LogP contribution in [0.5, 0.6) is 0 Å². The van der Waals surface area contributed by atoms with Crippen LogP contribution in [0.15, 0.2) is 4.99 Å². The summed E-state index contributed by atoms with van der Waals surface area (Å²) in [7, 11) is 0. The number of aromatic amines is 1. The number of nitrogens with one attached hydrogen (secondary N) is 1. The van der Waals surface area contributed by atoms with E-state index >= 15 is 0 Å². The van der Waals surface area contributed by atoms with Crippen molar-refractivity contribution in [3.05, 3.63) is 5.82 Å². The predicted octanol–water partition coefficient (Wildman–Crippen LogP) is -0.922. The van der Waals surface area contributed by atoms with E-state index < -0.39 is 0 Å². The molecule has 0 aliphatic heterocycles. The summed E-state index contributed by atoms with van der Waals surface area (Å²) in [6.45, 7) is 0.364. The second-order valence-corrected chi connectivity index (χ2v) is 1.55. The van der Waals surface area contributed by atoms with Gasteiger partial charge >= 0.3 is 0 Å². The summed E-state index contributed by atoms with van der Waals surface area (Å²) in [6.07, 6.45) is 1.94. The van der Waals surface area contributed by atoms with Crippen molar-refractivity contribution in [1.82, 2.24) is 20.6 Å². The number of H-pyrrole nitrogens is 1. The number of tetrazole rings is 1. The van der Waals surface area contributed by atoms with E-state index in [9.17, 15) is 4.79 Å². The van der Waals surface area contributed by atoms with Crippen molar-refractivity contribution in [2.24, 2.45) is 4.99 Å². The van der Waals surface area contributed by atoms with Gasteiger partial charge in [0.25, 0.3) is 0 Å². The highest BCUT2D eigenvalue weighted by Crippen LogP contribution is 1.84. The third-order valence-electron chi connectivity index (χ3n) is 0.901. The van der Waals surface area contributed by atoms with Crippen LogP contribution in [0.1, 0.15) is 5.82 Å². The lowest BCUT2D eigenvalue weighted by atomic mass is 10.4. The monoisotopic (exact) mass is 139 g/mol. The van der Waals surface area contributed by atoms with Gasteiger partial charge in [-0.15, -0.1) is 10.2 Å².